The highest BCUT2D eigenvalue weighted by atomic mass is 32.1. The predicted octanol–water partition coefficient (Wildman–Crippen LogP) is 3.52. The lowest BCUT2D eigenvalue weighted by molar-refractivity contribution is 0.100. The Kier molecular flexibility index (Phi) is 4.80. The molecule has 0 saturated carbocycles. The molecular weight excluding hydrogens is 289 g/mol. The van der Waals surface area contributed by atoms with Crippen LogP contribution in [0, 0.1) is 5.82 Å². The maximum absolute atomic E-state index is 14.0. The Morgan fingerprint density at radius 3 is 2.81 bits per heavy atom. The molecule has 0 aliphatic carbocycles. The van der Waals surface area contributed by atoms with Crippen molar-refractivity contribution < 1.29 is 9.18 Å². The zero-order chi connectivity index (χ0) is 15.4. The largest absolute Gasteiger partial charge is 0.398 e. The normalized spacial score (nSPS) is 12.1. The van der Waals surface area contributed by atoms with Crippen LogP contribution in [0.2, 0.25) is 0 Å². The van der Waals surface area contributed by atoms with Gasteiger partial charge in [-0.1, -0.05) is 19.4 Å². The molecular formula is C15H18FN3OS. The second-order valence-electron chi connectivity index (χ2n) is 4.78. The average Bonchev–Trinajstić information content (AvgIpc) is 2.94. The van der Waals surface area contributed by atoms with Gasteiger partial charge in [-0.2, -0.15) is 0 Å². The number of hydrogen-bond donors (Lipinski definition) is 3. The lowest BCUT2D eigenvalue weighted by atomic mass is 10.1. The molecule has 6 heteroatoms. The van der Waals surface area contributed by atoms with Crippen LogP contribution < -0.4 is 16.8 Å². The molecule has 0 radical (unpaired) electrons. The van der Waals surface area contributed by atoms with E-state index in [-0.39, 0.29) is 23.0 Å². The fraction of sp³-hybridized carbons (Fsp3) is 0.267. The first-order chi connectivity index (χ1) is 10.0. The zero-order valence-corrected chi connectivity index (χ0v) is 12.5. The maximum Gasteiger partial charge on any atom is 0.250 e. The van der Waals surface area contributed by atoms with E-state index >= 15 is 0 Å². The van der Waals surface area contributed by atoms with Gasteiger partial charge >= 0.3 is 0 Å². The molecule has 1 atom stereocenters. The Morgan fingerprint density at radius 1 is 1.48 bits per heavy atom. The van der Waals surface area contributed by atoms with Crippen LogP contribution in [0.25, 0.3) is 0 Å². The number of anilines is 2. The van der Waals surface area contributed by atoms with Crippen molar-refractivity contribution in [2.75, 3.05) is 11.1 Å². The van der Waals surface area contributed by atoms with E-state index in [9.17, 15) is 9.18 Å². The molecule has 0 bridgehead atoms. The van der Waals surface area contributed by atoms with E-state index in [0.717, 1.165) is 23.8 Å². The SMILES string of the molecule is CCCC(Nc1cc(C(N)=O)c(N)cc1F)c1cccs1. The van der Waals surface area contributed by atoms with Gasteiger partial charge in [0, 0.05) is 10.6 Å². The summed E-state index contributed by atoms with van der Waals surface area (Å²) >= 11 is 1.61. The molecule has 0 saturated heterocycles. The van der Waals surface area contributed by atoms with Gasteiger partial charge in [-0.25, -0.2) is 4.39 Å². The summed E-state index contributed by atoms with van der Waals surface area (Å²) in [5.74, 6) is -1.16. The second kappa shape index (κ2) is 6.58. The van der Waals surface area contributed by atoms with Gasteiger partial charge in [0.2, 0.25) is 0 Å². The molecule has 1 amide bonds. The molecule has 1 heterocycles. The number of nitrogen functional groups attached to an aromatic ring is 1. The number of halogens is 1. The number of thiophene rings is 1. The standard InChI is InChI=1S/C15H18FN3OS/c1-2-4-12(14-5-3-6-21-14)19-13-7-9(15(18)20)11(17)8-10(13)16/h3,5-8,12,19H,2,4,17H2,1H3,(H2,18,20). The molecule has 21 heavy (non-hydrogen) atoms. The molecule has 1 aromatic carbocycles. The Hall–Kier alpha value is -2.08. The molecule has 4 nitrogen and oxygen atoms in total. The number of amides is 1. The van der Waals surface area contributed by atoms with Crippen LogP contribution in [0.3, 0.4) is 0 Å². The molecule has 0 aliphatic rings. The molecule has 112 valence electrons. The third kappa shape index (κ3) is 3.52. The van der Waals surface area contributed by atoms with E-state index in [2.05, 4.69) is 12.2 Å². The Morgan fingerprint density at radius 2 is 2.24 bits per heavy atom. The van der Waals surface area contributed by atoms with Gasteiger partial charge in [0.1, 0.15) is 5.82 Å². The third-order valence-corrected chi connectivity index (χ3v) is 4.18. The predicted molar refractivity (Wildman–Crippen MR) is 84.9 cm³/mol. The highest BCUT2D eigenvalue weighted by molar-refractivity contribution is 7.10. The number of benzene rings is 1. The molecule has 2 aromatic rings. The van der Waals surface area contributed by atoms with Gasteiger partial charge in [0.25, 0.3) is 5.91 Å². The number of hydrogen-bond acceptors (Lipinski definition) is 4. The Balaban J connectivity index is 2.32. The number of primary amides is 1. The minimum Gasteiger partial charge on any atom is -0.398 e. The van der Waals surface area contributed by atoms with Crippen LogP contribution in [0.4, 0.5) is 15.8 Å². The van der Waals surface area contributed by atoms with Crippen molar-refractivity contribution in [2.24, 2.45) is 5.73 Å². The average molecular weight is 307 g/mol. The summed E-state index contributed by atoms with van der Waals surface area (Å²) in [5, 5.41) is 5.13. The van der Waals surface area contributed by atoms with Gasteiger partial charge in [-0.3, -0.25) is 4.79 Å². The van der Waals surface area contributed by atoms with Crippen molar-refractivity contribution in [1.29, 1.82) is 0 Å². The maximum atomic E-state index is 14.0. The molecule has 0 spiro atoms. The summed E-state index contributed by atoms with van der Waals surface area (Å²) in [6, 6.07) is 6.46. The fourth-order valence-corrected chi connectivity index (χ4v) is 2.98. The van der Waals surface area contributed by atoms with Crippen LogP contribution in [-0.4, -0.2) is 5.91 Å². The fourth-order valence-electron chi connectivity index (χ4n) is 2.16. The van der Waals surface area contributed by atoms with E-state index < -0.39 is 11.7 Å². The molecule has 2 rings (SSSR count). The molecule has 0 aliphatic heterocycles. The van der Waals surface area contributed by atoms with Gasteiger partial charge in [-0.15, -0.1) is 11.3 Å². The summed E-state index contributed by atoms with van der Waals surface area (Å²) in [5.41, 5.74) is 11.3. The lowest BCUT2D eigenvalue weighted by Crippen LogP contribution is -2.16. The van der Waals surface area contributed by atoms with Crippen molar-refractivity contribution >= 4 is 28.6 Å². The topological polar surface area (TPSA) is 81.1 Å². The van der Waals surface area contributed by atoms with Crippen molar-refractivity contribution in [3.8, 4) is 0 Å². The van der Waals surface area contributed by atoms with Crippen molar-refractivity contribution in [2.45, 2.75) is 25.8 Å². The van der Waals surface area contributed by atoms with Crippen LogP contribution in [-0.2, 0) is 0 Å². The summed E-state index contributed by atoms with van der Waals surface area (Å²) < 4.78 is 14.0. The second-order valence-corrected chi connectivity index (χ2v) is 5.76. The van der Waals surface area contributed by atoms with Crippen molar-refractivity contribution in [1.82, 2.24) is 0 Å². The summed E-state index contributed by atoms with van der Waals surface area (Å²) in [7, 11) is 0. The van der Waals surface area contributed by atoms with Gasteiger partial charge < -0.3 is 16.8 Å². The Labute approximate surface area is 127 Å². The molecule has 1 unspecified atom stereocenters. The first-order valence-electron chi connectivity index (χ1n) is 6.71. The van der Waals surface area contributed by atoms with E-state index in [1.54, 1.807) is 11.3 Å². The van der Waals surface area contributed by atoms with E-state index in [4.69, 9.17) is 11.5 Å². The van der Waals surface area contributed by atoms with Gasteiger partial charge in [-0.05, 0) is 30.0 Å². The van der Waals surface area contributed by atoms with Gasteiger partial charge in [0.05, 0.1) is 17.3 Å². The van der Waals surface area contributed by atoms with Crippen LogP contribution in [0.1, 0.15) is 41.0 Å². The molecule has 1 aromatic heterocycles. The highest BCUT2D eigenvalue weighted by Crippen LogP contribution is 2.30. The number of carbonyl (C=O) groups excluding carboxylic acids is 1. The van der Waals surface area contributed by atoms with Crippen molar-refractivity contribution in [3.63, 3.8) is 0 Å². The van der Waals surface area contributed by atoms with Crippen LogP contribution in [0.15, 0.2) is 29.6 Å². The van der Waals surface area contributed by atoms with Crippen molar-refractivity contribution in [3.05, 3.63) is 45.9 Å². The quantitative estimate of drug-likeness (QED) is 0.714. The monoisotopic (exact) mass is 307 g/mol. The third-order valence-electron chi connectivity index (χ3n) is 3.20. The first-order valence-corrected chi connectivity index (χ1v) is 7.59. The van der Waals surface area contributed by atoms with Gasteiger partial charge in [0.15, 0.2) is 0 Å². The summed E-state index contributed by atoms with van der Waals surface area (Å²) in [6.07, 6.45) is 1.81. The minimum absolute atomic E-state index is 0.00569. The Bertz CT molecular complexity index is 628. The van der Waals surface area contributed by atoms with E-state index in [1.165, 1.54) is 6.07 Å². The minimum atomic E-state index is -0.668. The van der Waals surface area contributed by atoms with E-state index in [0.29, 0.717) is 0 Å². The highest BCUT2D eigenvalue weighted by Gasteiger charge is 2.16. The van der Waals surface area contributed by atoms with Crippen LogP contribution >= 0.6 is 11.3 Å². The zero-order valence-electron chi connectivity index (χ0n) is 11.7. The van der Waals surface area contributed by atoms with E-state index in [1.807, 2.05) is 17.5 Å². The number of rotatable bonds is 6. The number of nitrogens with one attached hydrogen (secondary N) is 1. The first kappa shape index (κ1) is 15.3. The van der Waals surface area contributed by atoms with Crippen LogP contribution in [0.5, 0.6) is 0 Å². The smallest absolute Gasteiger partial charge is 0.250 e. The number of carbonyl (C=O) groups is 1. The lowest BCUT2D eigenvalue weighted by Gasteiger charge is -2.19. The summed E-state index contributed by atoms with van der Waals surface area (Å²) in [4.78, 5) is 12.4. The summed E-state index contributed by atoms with van der Waals surface area (Å²) in [6.45, 7) is 2.07. The number of nitrogens with two attached hydrogens (primary N) is 2. The molecule has 5 N–H and O–H groups in total. The molecule has 0 fully saturated rings.